The van der Waals surface area contributed by atoms with E-state index in [4.69, 9.17) is 0 Å². The second-order valence-electron chi connectivity index (χ2n) is 9.55. The summed E-state index contributed by atoms with van der Waals surface area (Å²) in [6.45, 7) is 0. The number of anilines is 2. The van der Waals surface area contributed by atoms with E-state index in [2.05, 4.69) is 52.8 Å². The maximum atomic E-state index is 13.1. The lowest BCUT2D eigenvalue weighted by Gasteiger charge is -2.27. The Labute approximate surface area is 207 Å². The number of benzene rings is 2. The predicted molar refractivity (Wildman–Crippen MR) is 137 cm³/mol. The van der Waals surface area contributed by atoms with Crippen molar-refractivity contribution in [1.29, 1.82) is 0 Å². The summed E-state index contributed by atoms with van der Waals surface area (Å²) in [5.74, 6) is -1.47. The summed E-state index contributed by atoms with van der Waals surface area (Å²) < 4.78 is 0. The number of rotatable bonds is 7. The Morgan fingerprint density at radius 2 is 1.54 bits per heavy atom. The van der Waals surface area contributed by atoms with E-state index in [1.165, 1.54) is 5.57 Å². The average molecular weight is 474 g/mol. The topological polar surface area (TPSA) is 78.9 Å². The van der Waals surface area contributed by atoms with Crippen molar-refractivity contribution in [3.63, 3.8) is 0 Å². The van der Waals surface area contributed by atoms with E-state index in [0.717, 1.165) is 53.0 Å². The van der Waals surface area contributed by atoms with Crippen LogP contribution in [0, 0.1) is 0 Å². The zero-order valence-corrected chi connectivity index (χ0v) is 20.9. The number of nitrogens with one attached hydrogen (secondary N) is 1. The lowest BCUT2D eigenvalue weighted by molar-refractivity contribution is -0.305. The molecule has 0 unspecified atom stereocenters. The lowest BCUT2D eigenvalue weighted by Crippen LogP contribution is -2.40. The van der Waals surface area contributed by atoms with Gasteiger partial charge in [-0.2, -0.15) is 0 Å². The molecule has 2 aromatic rings. The minimum Gasteiger partial charge on any atom is -0.550 e. The number of hydrazine groups is 1. The fourth-order valence-corrected chi connectivity index (χ4v) is 4.74. The fourth-order valence-electron chi connectivity index (χ4n) is 4.74. The highest BCUT2D eigenvalue weighted by molar-refractivity contribution is 5.82. The molecule has 1 atom stereocenters. The van der Waals surface area contributed by atoms with E-state index in [0.29, 0.717) is 0 Å². The van der Waals surface area contributed by atoms with Crippen molar-refractivity contribution < 1.29 is 14.7 Å². The van der Waals surface area contributed by atoms with Gasteiger partial charge in [0.15, 0.2) is 0 Å². The first kappa shape index (κ1) is 24.4. The molecule has 0 aromatic heterocycles. The molecule has 184 valence electrons. The molecule has 7 heteroatoms. The minimum atomic E-state index is -1.22. The molecule has 35 heavy (non-hydrogen) atoms. The highest BCUT2D eigenvalue weighted by Crippen LogP contribution is 2.44. The summed E-state index contributed by atoms with van der Waals surface area (Å²) in [6, 6.07) is 16.3. The Balaban J connectivity index is 1.70. The van der Waals surface area contributed by atoms with Gasteiger partial charge in [-0.05, 0) is 78.3 Å². The number of carboxylic acids is 1. The van der Waals surface area contributed by atoms with Crippen molar-refractivity contribution in [1.82, 2.24) is 10.4 Å². The van der Waals surface area contributed by atoms with E-state index < -0.39 is 5.97 Å². The number of aliphatic carboxylic acids is 1. The van der Waals surface area contributed by atoms with Crippen molar-refractivity contribution in [3.05, 3.63) is 76.5 Å². The number of allylic oxidation sites excluding steroid dienone is 1. The van der Waals surface area contributed by atoms with Gasteiger partial charge in [-0.15, -0.1) is 0 Å². The minimum absolute atomic E-state index is 0.104. The molecular formula is C28H33N4O3-. The van der Waals surface area contributed by atoms with Gasteiger partial charge in [0.1, 0.15) is 6.04 Å². The third-order valence-corrected chi connectivity index (χ3v) is 6.64. The van der Waals surface area contributed by atoms with Crippen LogP contribution < -0.4 is 20.3 Å². The van der Waals surface area contributed by atoms with Gasteiger partial charge in [0.2, 0.25) is 5.91 Å². The molecule has 7 nitrogen and oxygen atoms in total. The molecule has 4 rings (SSSR count). The smallest absolute Gasteiger partial charge is 0.242 e. The Hall–Kier alpha value is -3.74. The molecule has 1 N–H and O–H groups in total. The van der Waals surface area contributed by atoms with Crippen LogP contribution in [0.1, 0.15) is 49.3 Å². The molecule has 1 heterocycles. The van der Waals surface area contributed by atoms with Crippen LogP contribution in [0.25, 0.3) is 6.08 Å². The summed E-state index contributed by atoms with van der Waals surface area (Å²) in [4.78, 5) is 28.2. The van der Waals surface area contributed by atoms with E-state index in [1.807, 2.05) is 45.2 Å². The van der Waals surface area contributed by atoms with Gasteiger partial charge < -0.3 is 19.7 Å². The van der Waals surface area contributed by atoms with Crippen LogP contribution in [0.5, 0.6) is 0 Å². The molecule has 1 amide bonds. The summed E-state index contributed by atoms with van der Waals surface area (Å²) in [6.07, 6.45) is 4.57. The SMILES string of the molecule is CN(C)c1ccc(/C=C2\CCCC3=C2NN(C(=O)CCC(=O)[O-])[C@@H]3c2ccc(N(C)C)cc2)cc1. The summed E-state index contributed by atoms with van der Waals surface area (Å²) >= 11 is 0. The number of hydrogen-bond acceptors (Lipinski definition) is 6. The lowest BCUT2D eigenvalue weighted by atomic mass is 9.85. The van der Waals surface area contributed by atoms with E-state index in [-0.39, 0.29) is 24.8 Å². The van der Waals surface area contributed by atoms with Crippen molar-refractivity contribution >= 4 is 29.3 Å². The fraction of sp³-hybridized carbons (Fsp3) is 0.357. The largest absolute Gasteiger partial charge is 0.550 e. The molecule has 0 spiro atoms. The second kappa shape index (κ2) is 10.3. The number of carboxylic acid groups (broad SMARTS) is 1. The molecule has 0 saturated carbocycles. The molecule has 0 saturated heterocycles. The van der Waals surface area contributed by atoms with Gasteiger partial charge in [-0.1, -0.05) is 24.3 Å². The monoisotopic (exact) mass is 473 g/mol. The molecule has 2 aliphatic rings. The highest BCUT2D eigenvalue weighted by Gasteiger charge is 2.39. The Morgan fingerprint density at radius 3 is 2.11 bits per heavy atom. The molecule has 2 aromatic carbocycles. The molecule has 1 aliphatic heterocycles. The van der Waals surface area contributed by atoms with Crippen LogP contribution in [-0.2, 0) is 9.59 Å². The van der Waals surface area contributed by atoms with E-state index >= 15 is 0 Å². The quantitative estimate of drug-likeness (QED) is 0.665. The van der Waals surface area contributed by atoms with Gasteiger partial charge in [0.25, 0.3) is 0 Å². The molecule has 0 fully saturated rings. The van der Waals surface area contributed by atoms with Crippen LogP contribution in [-0.4, -0.2) is 45.1 Å². The third kappa shape index (κ3) is 5.34. The first-order valence-corrected chi connectivity index (χ1v) is 12.0. The molecule has 0 radical (unpaired) electrons. The van der Waals surface area contributed by atoms with E-state index in [1.54, 1.807) is 5.01 Å². The first-order valence-electron chi connectivity index (χ1n) is 12.0. The first-order chi connectivity index (χ1) is 16.7. The van der Waals surface area contributed by atoms with Gasteiger partial charge >= 0.3 is 0 Å². The highest BCUT2D eigenvalue weighted by atomic mass is 16.4. The van der Waals surface area contributed by atoms with Crippen LogP contribution >= 0.6 is 0 Å². The van der Waals surface area contributed by atoms with Gasteiger partial charge in [0, 0.05) is 52.0 Å². The number of nitrogens with zero attached hydrogens (tertiary/aromatic N) is 3. The van der Waals surface area contributed by atoms with Gasteiger partial charge in [-0.25, -0.2) is 5.01 Å². The van der Waals surface area contributed by atoms with Crippen LogP contribution in [0.4, 0.5) is 11.4 Å². The maximum absolute atomic E-state index is 13.1. The summed E-state index contributed by atoms with van der Waals surface area (Å²) in [7, 11) is 8.02. The standard InChI is InChI=1S/C28H34N4O3/c1-30(2)22-12-8-19(9-13-22)18-21-6-5-7-24-27(21)29-32(25(33)16-17-26(34)35)28(24)20-10-14-23(15-11-20)31(3)4/h8-15,18,28-29H,5-7,16-17H2,1-4H3,(H,34,35)/p-1/b21-18+/t28-/m1/s1. The molecule has 1 aliphatic carbocycles. The van der Waals surface area contributed by atoms with Crippen LogP contribution in [0.2, 0.25) is 0 Å². The summed E-state index contributed by atoms with van der Waals surface area (Å²) in [5.41, 5.74) is 11.0. The summed E-state index contributed by atoms with van der Waals surface area (Å²) in [5, 5.41) is 12.6. The predicted octanol–water partition coefficient (Wildman–Crippen LogP) is 3.26. The molecule has 0 bridgehead atoms. The Bertz CT molecular complexity index is 1150. The normalized spacial score (nSPS) is 18.3. The van der Waals surface area contributed by atoms with Crippen LogP contribution in [0.15, 0.2) is 65.4 Å². The van der Waals surface area contributed by atoms with Gasteiger partial charge in [0.05, 0.1) is 5.70 Å². The Morgan fingerprint density at radius 1 is 0.943 bits per heavy atom. The van der Waals surface area contributed by atoms with Crippen molar-refractivity contribution in [3.8, 4) is 0 Å². The van der Waals surface area contributed by atoms with Crippen LogP contribution in [0.3, 0.4) is 0 Å². The van der Waals surface area contributed by atoms with Gasteiger partial charge in [-0.3, -0.25) is 10.2 Å². The number of amides is 1. The zero-order chi connectivity index (χ0) is 25.1. The third-order valence-electron chi connectivity index (χ3n) is 6.64. The second-order valence-corrected chi connectivity index (χ2v) is 9.55. The average Bonchev–Trinajstić information content (AvgIpc) is 3.23. The van der Waals surface area contributed by atoms with Crippen molar-refractivity contribution in [2.24, 2.45) is 0 Å². The molecular weight excluding hydrogens is 440 g/mol. The van der Waals surface area contributed by atoms with Crippen molar-refractivity contribution in [2.75, 3.05) is 38.0 Å². The number of carbonyl (C=O) groups excluding carboxylic acids is 2. The Kier molecular flexibility index (Phi) is 7.15. The number of hydrogen-bond donors (Lipinski definition) is 1. The van der Waals surface area contributed by atoms with E-state index in [9.17, 15) is 14.7 Å². The van der Waals surface area contributed by atoms with Crippen molar-refractivity contribution in [2.45, 2.75) is 38.1 Å². The number of carbonyl (C=O) groups is 2. The maximum Gasteiger partial charge on any atom is 0.242 e. The zero-order valence-electron chi connectivity index (χ0n) is 20.9.